The monoisotopic (exact) mass is 629 g/mol. The number of benzene rings is 3. The van der Waals surface area contributed by atoms with E-state index in [2.05, 4.69) is 5.32 Å². The SMILES string of the molecule is CC[C@@H](C(=O)NCC(C)C)N(Cc1cccc(OC)c1)C(=O)CN(c1cc(Cl)ccc1OC)S(=O)(=O)c1ccc(C)cc1. The molecule has 43 heavy (non-hydrogen) atoms. The number of halogens is 1. The van der Waals surface area contributed by atoms with Crippen molar-refractivity contribution in [2.75, 3.05) is 31.6 Å². The number of aryl methyl sites for hydroxylation is 1. The van der Waals surface area contributed by atoms with Crippen molar-refractivity contribution in [3.63, 3.8) is 0 Å². The maximum atomic E-state index is 14.3. The van der Waals surface area contributed by atoms with E-state index in [1.54, 1.807) is 49.6 Å². The number of hydrogen-bond acceptors (Lipinski definition) is 6. The summed E-state index contributed by atoms with van der Waals surface area (Å²) in [7, 11) is -1.33. The molecule has 11 heteroatoms. The van der Waals surface area contributed by atoms with Gasteiger partial charge in [-0.2, -0.15) is 0 Å². The van der Waals surface area contributed by atoms with Crippen LogP contribution in [0.4, 0.5) is 5.69 Å². The summed E-state index contributed by atoms with van der Waals surface area (Å²) >= 11 is 6.31. The molecule has 0 fully saturated rings. The molecule has 0 unspecified atom stereocenters. The van der Waals surface area contributed by atoms with Crippen LogP contribution in [0.2, 0.25) is 5.02 Å². The predicted octanol–water partition coefficient (Wildman–Crippen LogP) is 5.44. The number of sulfonamides is 1. The second kappa shape index (κ2) is 15.1. The number of carbonyl (C=O) groups excluding carboxylic acids is 2. The molecule has 0 aliphatic carbocycles. The number of carbonyl (C=O) groups is 2. The number of rotatable bonds is 14. The fourth-order valence-electron chi connectivity index (χ4n) is 4.52. The highest BCUT2D eigenvalue weighted by atomic mass is 35.5. The lowest BCUT2D eigenvalue weighted by Gasteiger charge is -2.33. The molecule has 0 saturated heterocycles. The van der Waals surface area contributed by atoms with E-state index < -0.39 is 28.5 Å². The van der Waals surface area contributed by atoms with E-state index in [9.17, 15) is 18.0 Å². The van der Waals surface area contributed by atoms with Crippen molar-refractivity contribution in [1.82, 2.24) is 10.2 Å². The molecule has 2 amide bonds. The fraction of sp³-hybridized carbons (Fsp3) is 0.375. The van der Waals surface area contributed by atoms with Crippen LogP contribution < -0.4 is 19.1 Å². The first-order valence-corrected chi connectivity index (χ1v) is 15.9. The third-order valence-electron chi connectivity index (χ3n) is 6.85. The Labute approximate surface area is 259 Å². The van der Waals surface area contributed by atoms with Crippen LogP contribution in [-0.2, 0) is 26.2 Å². The first kappa shape index (κ1) is 33.7. The summed E-state index contributed by atoms with van der Waals surface area (Å²) in [5.41, 5.74) is 1.70. The Morgan fingerprint density at radius 2 is 1.67 bits per heavy atom. The standard InChI is InChI=1S/C32H40ClN3O6S/c1-7-28(32(38)34-19-22(2)3)35(20-24-9-8-10-26(17-24)41-5)31(37)21-36(29-18-25(33)13-16-30(29)42-6)43(39,40)27-14-11-23(4)12-15-27/h8-18,22,28H,7,19-21H2,1-6H3,(H,34,38)/t28-/m0/s1. The number of amides is 2. The van der Waals surface area contributed by atoms with Crippen molar-refractivity contribution in [1.29, 1.82) is 0 Å². The Bertz CT molecular complexity index is 1510. The Morgan fingerprint density at radius 3 is 2.28 bits per heavy atom. The van der Waals surface area contributed by atoms with Crippen LogP contribution in [0.15, 0.2) is 71.6 Å². The summed E-state index contributed by atoms with van der Waals surface area (Å²) in [6, 6.07) is 17.2. The van der Waals surface area contributed by atoms with Crippen molar-refractivity contribution in [3.05, 3.63) is 82.9 Å². The van der Waals surface area contributed by atoms with Gasteiger partial charge in [-0.25, -0.2) is 8.42 Å². The highest BCUT2D eigenvalue weighted by Gasteiger charge is 2.35. The zero-order chi connectivity index (χ0) is 31.7. The maximum Gasteiger partial charge on any atom is 0.264 e. The molecule has 3 aromatic carbocycles. The molecule has 0 aliphatic heterocycles. The second-order valence-corrected chi connectivity index (χ2v) is 12.9. The van der Waals surface area contributed by atoms with Gasteiger partial charge >= 0.3 is 0 Å². The van der Waals surface area contributed by atoms with Gasteiger partial charge in [0.1, 0.15) is 24.1 Å². The molecule has 232 valence electrons. The number of methoxy groups -OCH3 is 2. The van der Waals surface area contributed by atoms with Gasteiger partial charge in [0.15, 0.2) is 0 Å². The highest BCUT2D eigenvalue weighted by Crippen LogP contribution is 2.35. The molecule has 3 aromatic rings. The number of ether oxygens (including phenoxy) is 2. The van der Waals surface area contributed by atoms with Gasteiger partial charge in [0, 0.05) is 18.1 Å². The van der Waals surface area contributed by atoms with Crippen molar-refractivity contribution < 1.29 is 27.5 Å². The summed E-state index contributed by atoms with van der Waals surface area (Å²) in [6.07, 6.45) is 0.310. The molecule has 0 spiro atoms. The number of hydrogen-bond donors (Lipinski definition) is 1. The van der Waals surface area contributed by atoms with Gasteiger partial charge in [0.2, 0.25) is 11.8 Å². The average molecular weight is 630 g/mol. The molecule has 9 nitrogen and oxygen atoms in total. The van der Waals surface area contributed by atoms with Crippen molar-refractivity contribution >= 4 is 39.1 Å². The maximum absolute atomic E-state index is 14.3. The second-order valence-electron chi connectivity index (χ2n) is 10.6. The molecule has 0 bridgehead atoms. The smallest absolute Gasteiger partial charge is 0.264 e. The topological polar surface area (TPSA) is 105 Å². The van der Waals surface area contributed by atoms with E-state index in [1.807, 2.05) is 33.8 Å². The van der Waals surface area contributed by atoms with Crippen LogP contribution in [0.5, 0.6) is 11.5 Å². The normalized spacial score (nSPS) is 12.0. The van der Waals surface area contributed by atoms with Gasteiger partial charge in [-0.05, 0) is 67.3 Å². The molecule has 1 N–H and O–H groups in total. The molecule has 0 heterocycles. The van der Waals surface area contributed by atoms with E-state index in [0.717, 1.165) is 15.4 Å². The van der Waals surface area contributed by atoms with Crippen LogP contribution in [0.3, 0.4) is 0 Å². The molecular formula is C32H40ClN3O6S. The number of nitrogens with zero attached hydrogens (tertiary/aromatic N) is 2. The molecule has 0 aromatic heterocycles. The van der Waals surface area contributed by atoms with E-state index in [1.165, 1.54) is 30.2 Å². The van der Waals surface area contributed by atoms with Crippen molar-refractivity contribution in [3.8, 4) is 11.5 Å². The summed E-state index contributed by atoms with van der Waals surface area (Å²) < 4.78 is 40.1. The lowest BCUT2D eigenvalue weighted by Crippen LogP contribution is -2.52. The van der Waals surface area contributed by atoms with E-state index in [-0.39, 0.29) is 39.7 Å². The number of nitrogens with one attached hydrogen (secondary N) is 1. The van der Waals surface area contributed by atoms with E-state index >= 15 is 0 Å². The van der Waals surface area contributed by atoms with E-state index in [4.69, 9.17) is 21.1 Å². The lowest BCUT2D eigenvalue weighted by atomic mass is 10.1. The van der Waals surface area contributed by atoms with Crippen LogP contribution >= 0.6 is 11.6 Å². The minimum atomic E-state index is -4.28. The van der Waals surface area contributed by atoms with Crippen LogP contribution in [0, 0.1) is 12.8 Å². The van der Waals surface area contributed by atoms with Gasteiger partial charge in [-0.15, -0.1) is 0 Å². The minimum Gasteiger partial charge on any atom is -0.497 e. The van der Waals surface area contributed by atoms with Gasteiger partial charge < -0.3 is 19.7 Å². The molecular weight excluding hydrogens is 590 g/mol. The number of anilines is 1. The first-order valence-electron chi connectivity index (χ1n) is 14.0. The first-order chi connectivity index (χ1) is 20.4. The van der Waals surface area contributed by atoms with Crippen LogP contribution in [0.25, 0.3) is 0 Å². The molecule has 0 saturated carbocycles. The lowest BCUT2D eigenvalue weighted by molar-refractivity contribution is -0.140. The Kier molecular flexibility index (Phi) is 11.9. The molecule has 1 atom stereocenters. The predicted molar refractivity (Wildman–Crippen MR) is 169 cm³/mol. The third kappa shape index (κ3) is 8.64. The summed E-state index contributed by atoms with van der Waals surface area (Å²) in [5, 5.41) is 3.19. The third-order valence-corrected chi connectivity index (χ3v) is 8.86. The van der Waals surface area contributed by atoms with Crippen molar-refractivity contribution in [2.24, 2.45) is 5.92 Å². The van der Waals surface area contributed by atoms with Gasteiger partial charge in [0.05, 0.1) is 24.8 Å². The average Bonchev–Trinajstić information content (AvgIpc) is 2.98. The highest BCUT2D eigenvalue weighted by molar-refractivity contribution is 7.92. The fourth-order valence-corrected chi connectivity index (χ4v) is 6.10. The van der Waals surface area contributed by atoms with Gasteiger partial charge in [-0.3, -0.25) is 13.9 Å². The molecule has 3 rings (SSSR count). The Morgan fingerprint density at radius 1 is 0.977 bits per heavy atom. The van der Waals surface area contributed by atoms with Crippen molar-refractivity contribution in [2.45, 2.75) is 51.6 Å². The van der Waals surface area contributed by atoms with Gasteiger partial charge in [0.25, 0.3) is 10.0 Å². The zero-order valence-electron chi connectivity index (χ0n) is 25.5. The Hall–Kier alpha value is -3.76. The quantitative estimate of drug-likeness (QED) is 0.255. The summed E-state index contributed by atoms with van der Waals surface area (Å²) in [4.78, 5) is 29.1. The zero-order valence-corrected chi connectivity index (χ0v) is 27.0. The summed E-state index contributed by atoms with van der Waals surface area (Å²) in [5.74, 6) is 0.116. The van der Waals surface area contributed by atoms with E-state index in [0.29, 0.717) is 18.7 Å². The molecule has 0 aliphatic rings. The minimum absolute atomic E-state index is 0.00556. The van der Waals surface area contributed by atoms with Crippen LogP contribution in [0.1, 0.15) is 38.3 Å². The summed E-state index contributed by atoms with van der Waals surface area (Å²) in [6.45, 7) is 7.50. The van der Waals surface area contributed by atoms with Gasteiger partial charge in [-0.1, -0.05) is 62.2 Å². The van der Waals surface area contributed by atoms with Crippen LogP contribution in [-0.4, -0.2) is 58.5 Å². The molecule has 0 radical (unpaired) electrons. The Balaban J connectivity index is 2.12. The largest absolute Gasteiger partial charge is 0.497 e.